The van der Waals surface area contributed by atoms with Crippen LogP contribution in [0.15, 0.2) is 18.3 Å². The molecule has 1 saturated carbocycles. The van der Waals surface area contributed by atoms with Crippen LogP contribution in [0.3, 0.4) is 0 Å². The molecule has 2 atom stereocenters. The maximum absolute atomic E-state index is 5.26. The molecule has 1 N–H and O–H groups in total. The molecule has 2 rings (SSSR count). The van der Waals surface area contributed by atoms with E-state index in [2.05, 4.69) is 17.2 Å². The Bertz CT molecular complexity index is 340. The summed E-state index contributed by atoms with van der Waals surface area (Å²) in [4.78, 5) is 4.30. The summed E-state index contributed by atoms with van der Waals surface area (Å²) >= 11 is 0. The van der Waals surface area contributed by atoms with Crippen molar-refractivity contribution in [2.45, 2.75) is 26.2 Å². The lowest BCUT2D eigenvalue weighted by Crippen LogP contribution is -2.17. The number of aromatic nitrogens is 1. The van der Waals surface area contributed by atoms with E-state index in [0.29, 0.717) is 0 Å². The highest BCUT2D eigenvalue weighted by atomic mass is 16.5. The summed E-state index contributed by atoms with van der Waals surface area (Å²) in [6.07, 6.45) is 5.87. The third-order valence-corrected chi connectivity index (χ3v) is 3.56. The van der Waals surface area contributed by atoms with Gasteiger partial charge >= 0.3 is 0 Å². The molecule has 1 aromatic heterocycles. The minimum atomic E-state index is 0.784. The topological polar surface area (TPSA) is 34.1 Å². The van der Waals surface area contributed by atoms with Crippen molar-refractivity contribution in [1.82, 2.24) is 4.98 Å². The maximum Gasteiger partial charge on any atom is 0.168 e. The van der Waals surface area contributed by atoms with Crippen LogP contribution in [0.2, 0.25) is 0 Å². The lowest BCUT2D eigenvalue weighted by atomic mass is 9.98. The van der Waals surface area contributed by atoms with E-state index in [1.807, 2.05) is 12.1 Å². The smallest absolute Gasteiger partial charge is 0.168 e. The third-order valence-electron chi connectivity index (χ3n) is 3.56. The van der Waals surface area contributed by atoms with Crippen LogP contribution in [0, 0.1) is 11.8 Å². The number of hydrogen-bond donors (Lipinski definition) is 1. The Labute approximate surface area is 97.2 Å². The molecular formula is C13H20N2O. The van der Waals surface area contributed by atoms with Crippen molar-refractivity contribution in [3.8, 4) is 5.75 Å². The van der Waals surface area contributed by atoms with E-state index in [-0.39, 0.29) is 0 Å². The zero-order valence-corrected chi connectivity index (χ0v) is 10.1. The number of nitrogens with one attached hydrogen (secondary N) is 1. The monoisotopic (exact) mass is 220 g/mol. The predicted molar refractivity (Wildman–Crippen MR) is 65.8 cm³/mol. The number of anilines is 1. The predicted octanol–water partition coefficient (Wildman–Crippen LogP) is 2.94. The van der Waals surface area contributed by atoms with E-state index in [9.17, 15) is 0 Å². The van der Waals surface area contributed by atoms with E-state index >= 15 is 0 Å². The van der Waals surface area contributed by atoms with Gasteiger partial charge in [0.05, 0.1) is 7.11 Å². The molecule has 1 aliphatic rings. The summed E-state index contributed by atoms with van der Waals surface area (Å²) < 4.78 is 5.26. The molecule has 0 spiro atoms. The highest BCUT2D eigenvalue weighted by Gasteiger charge is 2.23. The largest absolute Gasteiger partial charge is 0.493 e. The van der Waals surface area contributed by atoms with Crippen LogP contribution in [0.1, 0.15) is 26.2 Å². The minimum absolute atomic E-state index is 0.784. The van der Waals surface area contributed by atoms with Crippen molar-refractivity contribution in [3.63, 3.8) is 0 Å². The molecule has 3 heteroatoms. The molecular weight excluding hydrogens is 200 g/mol. The summed E-state index contributed by atoms with van der Waals surface area (Å²) in [5, 5.41) is 3.40. The number of ether oxygens (including phenoxy) is 1. The summed E-state index contributed by atoms with van der Waals surface area (Å²) in [5.41, 5.74) is 0. The third kappa shape index (κ3) is 2.46. The number of methoxy groups -OCH3 is 1. The van der Waals surface area contributed by atoms with Gasteiger partial charge in [-0.1, -0.05) is 19.8 Å². The van der Waals surface area contributed by atoms with Crippen LogP contribution in [-0.2, 0) is 0 Å². The fourth-order valence-corrected chi connectivity index (χ4v) is 2.44. The van der Waals surface area contributed by atoms with Gasteiger partial charge in [-0.3, -0.25) is 0 Å². The standard InChI is InChI=1S/C13H20N2O/c1-10-5-3-6-11(10)9-15-13-12(16-2)7-4-8-14-13/h4,7-8,10-11H,3,5-6,9H2,1-2H3,(H,14,15). The van der Waals surface area contributed by atoms with Gasteiger partial charge in [0.25, 0.3) is 0 Å². The van der Waals surface area contributed by atoms with Gasteiger partial charge < -0.3 is 10.1 Å². The van der Waals surface area contributed by atoms with Gasteiger partial charge in [-0.15, -0.1) is 0 Å². The highest BCUT2D eigenvalue weighted by Crippen LogP contribution is 2.31. The molecule has 16 heavy (non-hydrogen) atoms. The Balaban J connectivity index is 1.93. The summed E-state index contributed by atoms with van der Waals surface area (Å²) in [7, 11) is 1.68. The first-order valence-electron chi connectivity index (χ1n) is 6.04. The first kappa shape index (κ1) is 11.2. The fourth-order valence-electron chi connectivity index (χ4n) is 2.44. The fraction of sp³-hybridized carbons (Fsp3) is 0.615. The molecule has 1 aliphatic carbocycles. The Kier molecular flexibility index (Phi) is 3.65. The van der Waals surface area contributed by atoms with Gasteiger partial charge in [0.1, 0.15) is 0 Å². The highest BCUT2D eigenvalue weighted by molar-refractivity contribution is 5.49. The zero-order chi connectivity index (χ0) is 11.4. The van der Waals surface area contributed by atoms with E-state index in [1.165, 1.54) is 19.3 Å². The number of pyridine rings is 1. The van der Waals surface area contributed by atoms with Crippen LogP contribution in [0.5, 0.6) is 5.75 Å². The average Bonchev–Trinajstić information content (AvgIpc) is 2.72. The molecule has 88 valence electrons. The molecule has 0 radical (unpaired) electrons. The molecule has 0 aromatic carbocycles. The van der Waals surface area contributed by atoms with Crippen molar-refractivity contribution in [1.29, 1.82) is 0 Å². The SMILES string of the molecule is COc1cccnc1NCC1CCCC1C. The zero-order valence-electron chi connectivity index (χ0n) is 10.1. The number of hydrogen-bond acceptors (Lipinski definition) is 3. The van der Waals surface area contributed by atoms with Gasteiger partial charge in [0.15, 0.2) is 11.6 Å². The molecule has 0 bridgehead atoms. The van der Waals surface area contributed by atoms with Gasteiger partial charge in [-0.25, -0.2) is 4.98 Å². The lowest BCUT2D eigenvalue weighted by molar-refractivity contribution is 0.411. The van der Waals surface area contributed by atoms with E-state index in [0.717, 1.165) is 29.9 Å². The van der Waals surface area contributed by atoms with Crippen molar-refractivity contribution < 1.29 is 4.74 Å². The van der Waals surface area contributed by atoms with E-state index < -0.39 is 0 Å². The van der Waals surface area contributed by atoms with Gasteiger partial charge in [-0.05, 0) is 30.4 Å². The van der Waals surface area contributed by atoms with Crippen LogP contribution in [0.4, 0.5) is 5.82 Å². The normalized spacial score (nSPS) is 24.4. The van der Waals surface area contributed by atoms with Crippen molar-refractivity contribution in [3.05, 3.63) is 18.3 Å². The quantitative estimate of drug-likeness (QED) is 0.847. The lowest BCUT2D eigenvalue weighted by Gasteiger charge is -2.17. The van der Waals surface area contributed by atoms with Crippen LogP contribution >= 0.6 is 0 Å². The molecule has 0 aliphatic heterocycles. The van der Waals surface area contributed by atoms with Gasteiger partial charge in [0.2, 0.25) is 0 Å². The van der Waals surface area contributed by atoms with Gasteiger partial charge in [-0.2, -0.15) is 0 Å². The Morgan fingerprint density at radius 3 is 3.06 bits per heavy atom. The Hall–Kier alpha value is -1.25. The van der Waals surface area contributed by atoms with Crippen molar-refractivity contribution >= 4 is 5.82 Å². The molecule has 1 heterocycles. The first-order chi connectivity index (χ1) is 7.81. The Morgan fingerprint density at radius 2 is 2.38 bits per heavy atom. The summed E-state index contributed by atoms with van der Waals surface area (Å²) in [6, 6.07) is 3.83. The minimum Gasteiger partial charge on any atom is -0.493 e. The number of rotatable bonds is 4. The summed E-state index contributed by atoms with van der Waals surface area (Å²) in [5.74, 6) is 3.31. The van der Waals surface area contributed by atoms with Crippen molar-refractivity contribution in [2.75, 3.05) is 19.0 Å². The maximum atomic E-state index is 5.26. The Morgan fingerprint density at radius 1 is 1.50 bits per heavy atom. The van der Waals surface area contributed by atoms with Crippen LogP contribution < -0.4 is 10.1 Å². The molecule has 0 saturated heterocycles. The van der Waals surface area contributed by atoms with Crippen LogP contribution in [-0.4, -0.2) is 18.6 Å². The molecule has 3 nitrogen and oxygen atoms in total. The second kappa shape index (κ2) is 5.19. The molecule has 0 amide bonds. The molecule has 2 unspecified atom stereocenters. The number of nitrogens with zero attached hydrogens (tertiary/aromatic N) is 1. The summed E-state index contributed by atoms with van der Waals surface area (Å²) in [6.45, 7) is 3.35. The first-order valence-corrected chi connectivity index (χ1v) is 6.04. The van der Waals surface area contributed by atoms with E-state index in [1.54, 1.807) is 13.3 Å². The molecule has 1 aromatic rings. The molecule has 1 fully saturated rings. The van der Waals surface area contributed by atoms with Crippen molar-refractivity contribution in [2.24, 2.45) is 11.8 Å². The van der Waals surface area contributed by atoms with Gasteiger partial charge in [0, 0.05) is 12.7 Å². The average molecular weight is 220 g/mol. The second-order valence-corrected chi connectivity index (χ2v) is 4.60. The van der Waals surface area contributed by atoms with Crippen LogP contribution in [0.25, 0.3) is 0 Å². The van der Waals surface area contributed by atoms with E-state index in [4.69, 9.17) is 4.74 Å². The second-order valence-electron chi connectivity index (χ2n) is 4.60.